The highest BCUT2D eigenvalue weighted by Crippen LogP contribution is 2.22. The molecule has 5 nitrogen and oxygen atoms in total. The monoisotopic (exact) mass is 323 g/mol. The molecule has 0 aliphatic carbocycles. The summed E-state index contributed by atoms with van der Waals surface area (Å²) >= 11 is 0. The van der Waals surface area contributed by atoms with Crippen LogP contribution in [0.25, 0.3) is 0 Å². The molecule has 0 saturated heterocycles. The molecule has 2 N–H and O–H groups in total. The maximum Gasteiger partial charge on any atom is 0.411 e. The maximum absolute atomic E-state index is 11.7. The van der Waals surface area contributed by atoms with Crippen LogP contribution < -0.4 is 10.1 Å². The molecule has 130 valence electrons. The van der Waals surface area contributed by atoms with Crippen LogP contribution in [0.3, 0.4) is 0 Å². The van der Waals surface area contributed by atoms with E-state index < -0.39 is 11.7 Å². The summed E-state index contributed by atoms with van der Waals surface area (Å²) in [4.78, 5) is 11.7. The molecule has 0 bridgehead atoms. The summed E-state index contributed by atoms with van der Waals surface area (Å²) < 4.78 is 10.9. The first-order valence-electron chi connectivity index (χ1n) is 8.30. The molecule has 1 aromatic carbocycles. The van der Waals surface area contributed by atoms with E-state index in [0.717, 1.165) is 19.3 Å². The zero-order chi connectivity index (χ0) is 17.1. The summed E-state index contributed by atoms with van der Waals surface area (Å²) in [5.41, 5.74) is 0.233. The normalized spacial score (nSPS) is 11.1. The molecule has 0 aliphatic heterocycles. The van der Waals surface area contributed by atoms with E-state index in [2.05, 4.69) is 12.2 Å². The second-order valence-corrected chi connectivity index (χ2v) is 6.18. The lowest BCUT2D eigenvalue weighted by molar-refractivity contribution is 0.0765. The molecular formula is C18H29NO4. The number of aliphatic hydroxyl groups excluding tert-OH is 1. The van der Waals surface area contributed by atoms with Crippen LogP contribution in [0.15, 0.2) is 24.3 Å². The van der Waals surface area contributed by atoms with Crippen LogP contribution in [0.4, 0.5) is 10.5 Å². The Kier molecular flexibility index (Phi) is 8.48. The first kappa shape index (κ1) is 19.3. The van der Waals surface area contributed by atoms with E-state index in [1.807, 2.05) is 13.8 Å². The summed E-state index contributed by atoms with van der Waals surface area (Å²) in [6.07, 6.45) is 4.43. The predicted molar refractivity (Wildman–Crippen MR) is 92.0 cm³/mol. The molecular weight excluding hydrogens is 294 g/mol. The number of benzene rings is 1. The maximum atomic E-state index is 11.7. The topological polar surface area (TPSA) is 67.8 Å². The van der Waals surface area contributed by atoms with Gasteiger partial charge < -0.3 is 14.6 Å². The van der Waals surface area contributed by atoms with Crippen molar-refractivity contribution in [3.63, 3.8) is 0 Å². The molecule has 0 unspecified atom stereocenters. The van der Waals surface area contributed by atoms with Gasteiger partial charge in [-0.3, -0.25) is 5.32 Å². The van der Waals surface area contributed by atoms with Crippen molar-refractivity contribution in [2.45, 2.75) is 58.5 Å². The minimum absolute atomic E-state index is 0.0801. The number of carbonyl (C=O) groups excluding carboxylic acids is 1. The molecule has 5 heteroatoms. The smallest absolute Gasteiger partial charge is 0.411 e. The van der Waals surface area contributed by atoms with E-state index in [9.17, 15) is 4.79 Å². The Labute approximate surface area is 139 Å². The Morgan fingerprint density at radius 1 is 1.17 bits per heavy atom. The van der Waals surface area contributed by atoms with Crippen molar-refractivity contribution in [1.82, 2.24) is 0 Å². The Bertz CT molecular complexity index is 457. The number of hydrogen-bond acceptors (Lipinski definition) is 4. The third kappa shape index (κ3) is 8.45. The van der Waals surface area contributed by atoms with Crippen molar-refractivity contribution in [3.05, 3.63) is 24.3 Å². The molecule has 0 aliphatic rings. The van der Waals surface area contributed by atoms with Crippen molar-refractivity contribution < 1.29 is 19.4 Å². The predicted octanol–water partition coefficient (Wildman–Crippen LogP) is 4.36. The standard InChI is InChI=1S/C18H29NO4/c1-4-5-6-7-14-22-17(21)19-15-8-10-16(11-9-15)23-18(2,3)12-13-20/h8-11,20H,4-7,12-14H2,1-3H3,(H,19,21). The number of carbonyl (C=O) groups is 1. The lowest BCUT2D eigenvalue weighted by atomic mass is 10.1. The van der Waals surface area contributed by atoms with E-state index in [4.69, 9.17) is 14.6 Å². The lowest BCUT2D eigenvalue weighted by Gasteiger charge is -2.25. The molecule has 0 saturated carbocycles. The molecule has 0 atom stereocenters. The van der Waals surface area contributed by atoms with E-state index in [-0.39, 0.29) is 6.61 Å². The van der Waals surface area contributed by atoms with Crippen molar-refractivity contribution in [2.24, 2.45) is 0 Å². The SMILES string of the molecule is CCCCCCOC(=O)Nc1ccc(OC(C)(C)CCO)cc1. The van der Waals surface area contributed by atoms with Crippen LogP contribution >= 0.6 is 0 Å². The Hall–Kier alpha value is -1.75. The van der Waals surface area contributed by atoms with Crippen molar-refractivity contribution >= 4 is 11.8 Å². The summed E-state index contributed by atoms with van der Waals surface area (Å²) in [5, 5.41) is 11.7. The van der Waals surface area contributed by atoms with Crippen molar-refractivity contribution in [1.29, 1.82) is 0 Å². The lowest BCUT2D eigenvalue weighted by Crippen LogP contribution is -2.29. The number of amides is 1. The van der Waals surface area contributed by atoms with Crippen LogP contribution in [-0.2, 0) is 4.74 Å². The van der Waals surface area contributed by atoms with Crippen molar-refractivity contribution in [2.75, 3.05) is 18.5 Å². The van der Waals surface area contributed by atoms with Gasteiger partial charge in [-0.1, -0.05) is 26.2 Å². The second kappa shape index (κ2) is 10.1. The van der Waals surface area contributed by atoms with Crippen LogP contribution in [0.5, 0.6) is 5.75 Å². The summed E-state index contributed by atoms with van der Waals surface area (Å²) in [5.74, 6) is 0.696. The van der Waals surface area contributed by atoms with Crippen molar-refractivity contribution in [3.8, 4) is 5.75 Å². The highest BCUT2D eigenvalue weighted by molar-refractivity contribution is 5.84. The van der Waals surface area contributed by atoms with E-state index in [1.54, 1.807) is 24.3 Å². The molecule has 1 amide bonds. The van der Waals surface area contributed by atoms with Gasteiger partial charge in [-0.05, 0) is 44.5 Å². The van der Waals surface area contributed by atoms with Gasteiger partial charge >= 0.3 is 6.09 Å². The summed E-state index contributed by atoms with van der Waals surface area (Å²) in [7, 11) is 0. The van der Waals surface area contributed by atoms with Gasteiger partial charge in [-0.15, -0.1) is 0 Å². The fourth-order valence-corrected chi connectivity index (χ4v) is 2.09. The van der Waals surface area contributed by atoms with Gasteiger partial charge in [0, 0.05) is 18.7 Å². The van der Waals surface area contributed by atoms with E-state index in [0.29, 0.717) is 24.5 Å². The minimum Gasteiger partial charge on any atom is -0.488 e. The second-order valence-electron chi connectivity index (χ2n) is 6.18. The van der Waals surface area contributed by atoms with Gasteiger partial charge in [-0.25, -0.2) is 4.79 Å². The highest BCUT2D eigenvalue weighted by Gasteiger charge is 2.18. The first-order valence-corrected chi connectivity index (χ1v) is 8.30. The molecule has 0 radical (unpaired) electrons. The van der Waals surface area contributed by atoms with Crippen LogP contribution in [0.1, 0.15) is 52.9 Å². The number of unbranched alkanes of at least 4 members (excludes halogenated alkanes) is 3. The van der Waals surface area contributed by atoms with Gasteiger partial charge in [0.15, 0.2) is 0 Å². The average Bonchev–Trinajstić information content (AvgIpc) is 2.48. The van der Waals surface area contributed by atoms with Crippen LogP contribution in [0, 0.1) is 0 Å². The number of nitrogens with one attached hydrogen (secondary N) is 1. The largest absolute Gasteiger partial charge is 0.488 e. The van der Waals surface area contributed by atoms with E-state index >= 15 is 0 Å². The van der Waals surface area contributed by atoms with Gasteiger partial charge in [0.05, 0.1) is 6.61 Å². The van der Waals surface area contributed by atoms with Gasteiger partial charge in [-0.2, -0.15) is 0 Å². The zero-order valence-electron chi connectivity index (χ0n) is 14.4. The fraction of sp³-hybridized carbons (Fsp3) is 0.611. The number of ether oxygens (including phenoxy) is 2. The molecule has 0 fully saturated rings. The quantitative estimate of drug-likeness (QED) is 0.628. The third-order valence-corrected chi connectivity index (χ3v) is 3.44. The van der Waals surface area contributed by atoms with Gasteiger partial charge in [0.25, 0.3) is 0 Å². The number of hydrogen-bond donors (Lipinski definition) is 2. The van der Waals surface area contributed by atoms with E-state index in [1.165, 1.54) is 6.42 Å². The average molecular weight is 323 g/mol. The molecule has 0 heterocycles. The van der Waals surface area contributed by atoms with Crippen LogP contribution in [0.2, 0.25) is 0 Å². The van der Waals surface area contributed by atoms with Gasteiger partial charge in [0.1, 0.15) is 11.4 Å². The number of aliphatic hydroxyl groups is 1. The first-order chi connectivity index (χ1) is 11.0. The Morgan fingerprint density at radius 2 is 1.87 bits per heavy atom. The van der Waals surface area contributed by atoms with Crippen LogP contribution in [-0.4, -0.2) is 30.0 Å². The molecule has 1 aromatic rings. The number of rotatable bonds is 10. The van der Waals surface area contributed by atoms with Gasteiger partial charge in [0.2, 0.25) is 0 Å². The summed E-state index contributed by atoms with van der Waals surface area (Å²) in [6, 6.07) is 7.11. The zero-order valence-corrected chi connectivity index (χ0v) is 14.4. The molecule has 0 aromatic heterocycles. The molecule has 0 spiro atoms. The molecule has 23 heavy (non-hydrogen) atoms. The summed E-state index contributed by atoms with van der Waals surface area (Å²) in [6.45, 7) is 6.52. The fourth-order valence-electron chi connectivity index (χ4n) is 2.09. The Morgan fingerprint density at radius 3 is 2.48 bits per heavy atom. The Balaban J connectivity index is 2.37. The third-order valence-electron chi connectivity index (χ3n) is 3.44. The minimum atomic E-state index is -0.434. The molecule has 1 rings (SSSR count). The number of anilines is 1. The highest BCUT2D eigenvalue weighted by atomic mass is 16.5.